The highest BCUT2D eigenvalue weighted by Gasteiger charge is 2.31. The molecule has 25 heavy (non-hydrogen) atoms. The first-order chi connectivity index (χ1) is 11.9. The fourth-order valence-corrected chi connectivity index (χ4v) is 3.99. The van der Waals surface area contributed by atoms with E-state index in [1.165, 1.54) is 46.5 Å². The fraction of sp³-hybridized carbons (Fsp3) is 0.522. The van der Waals surface area contributed by atoms with Gasteiger partial charge in [0.1, 0.15) is 0 Å². The molecule has 1 aliphatic rings. The van der Waals surface area contributed by atoms with Gasteiger partial charge in [-0.25, -0.2) is 0 Å². The van der Waals surface area contributed by atoms with Gasteiger partial charge in [0.25, 0.3) is 0 Å². The van der Waals surface area contributed by atoms with E-state index in [9.17, 15) is 0 Å². The molecule has 0 saturated carbocycles. The van der Waals surface area contributed by atoms with Crippen LogP contribution in [0.5, 0.6) is 0 Å². The second-order valence-corrected chi connectivity index (χ2v) is 8.25. The molecular weight excluding hydrogens is 304 g/mol. The van der Waals surface area contributed by atoms with Crippen molar-refractivity contribution in [2.45, 2.75) is 72.8 Å². The van der Waals surface area contributed by atoms with E-state index in [4.69, 9.17) is 5.10 Å². The summed E-state index contributed by atoms with van der Waals surface area (Å²) in [5, 5.41) is 5.04. The molecule has 0 amide bonds. The van der Waals surface area contributed by atoms with Crippen LogP contribution in [0.25, 0.3) is 5.57 Å². The quantitative estimate of drug-likeness (QED) is 0.649. The van der Waals surface area contributed by atoms with E-state index in [0.29, 0.717) is 5.41 Å². The lowest BCUT2D eigenvalue weighted by Crippen LogP contribution is -2.23. The van der Waals surface area contributed by atoms with Crippen molar-refractivity contribution in [1.82, 2.24) is 9.78 Å². The van der Waals surface area contributed by atoms with Gasteiger partial charge in [0.05, 0.1) is 12.2 Å². The Hall–Kier alpha value is -1.83. The maximum atomic E-state index is 5.04. The van der Waals surface area contributed by atoms with Crippen molar-refractivity contribution in [2.24, 2.45) is 5.41 Å². The van der Waals surface area contributed by atoms with Crippen LogP contribution in [0.2, 0.25) is 0 Å². The summed E-state index contributed by atoms with van der Waals surface area (Å²) in [6.45, 7) is 14.4. The zero-order valence-corrected chi connectivity index (χ0v) is 16.4. The molecule has 1 aromatic carbocycles. The average Bonchev–Trinajstić information content (AvgIpc) is 2.92. The van der Waals surface area contributed by atoms with Gasteiger partial charge in [-0.3, -0.25) is 4.68 Å². The van der Waals surface area contributed by atoms with Crippen LogP contribution < -0.4 is 0 Å². The standard InChI is InChI=1S/C23H32N2/c1-6-10-18-11-8-9-12-19(18)16-25-21-13-14-23(4,5)15-20(21)22(24-25)17(3)7-2/h8-9,11-12H,3,6-7,10,13-16H2,1-2,4-5H3. The number of allylic oxidation sites excluding steroid dienone is 1. The normalized spacial score (nSPS) is 15.8. The third-order valence-corrected chi connectivity index (χ3v) is 5.58. The molecule has 0 saturated heterocycles. The van der Waals surface area contributed by atoms with Crippen molar-refractivity contribution in [3.05, 3.63) is 58.9 Å². The van der Waals surface area contributed by atoms with E-state index >= 15 is 0 Å². The molecule has 2 nitrogen and oxygen atoms in total. The lowest BCUT2D eigenvalue weighted by atomic mass is 9.75. The van der Waals surface area contributed by atoms with Gasteiger partial charge in [-0.05, 0) is 54.2 Å². The molecule has 2 heteroatoms. The first-order valence-corrected chi connectivity index (χ1v) is 9.78. The minimum absolute atomic E-state index is 0.365. The van der Waals surface area contributed by atoms with Gasteiger partial charge >= 0.3 is 0 Å². The summed E-state index contributed by atoms with van der Waals surface area (Å²) in [5.41, 5.74) is 8.47. The first-order valence-electron chi connectivity index (χ1n) is 9.78. The Morgan fingerprint density at radius 1 is 1.20 bits per heavy atom. The molecule has 0 radical (unpaired) electrons. The summed E-state index contributed by atoms with van der Waals surface area (Å²) >= 11 is 0. The van der Waals surface area contributed by atoms with Gasteiger partial charge < -0.3 is 0 Å². The zero-order chi connectivity index (χ0) is 18.0. The third-order valence-electron chi connectivity index (χ3n) is 5.58. The average molecular weight is 337 g/mol. The van der Waals surface area contributed by atoms with E-state index < -0.39 is 0 Å². The third kappa shape index (κ3) is 3.73. The molecule has 1 heterocycles. The summed E-state index contributed by atoms with van der Waals surface area (Å²) in [7, 11) is 0. The van der Waals surface area contributed by atoms with Crippen LogP contribution in [-0.4, -0.2) is 9.78 Å². The van der Waals surface area contributed by atoms with Crippen LogP contribution in [0.1, 0.15) is 75.0 Å². The molecule has 0 fully saturated rings. The Morgan fingerprint density at radius 2 is 1.92 bits per heavy atom. The number of aromatic nitrogens is 2. The number of fused-ring (bicyclic) bond motifs is 1. The minimum atomic E-state index is 0.365. The number of hydrogen-bond donors (Lipinski definition) is 0. The Labute approximate surface area is 153 Å². The Kier molecular flexibility index (Phi) is 5.17. The van der Waals surface area contributed by atoms with E-state index in [2.05, 4.69) is 63.2 Å². The van der Waals surface area contributed by atoms with Crippen molar-refractivity contribution in [2.75, 3.05) is 0 Å². The fourth-order valence-electron chi connectivity index (χ4n) is 3.99. The highest BCUT2D eigenvalue weighted by Crippen LogP contribution is 2.38. The number of rotatable bonds is 6. The van der Waals surface area contributed by atoms with Crippen molar-refractivity contribution >= 4 is 5.57 Å². The van der Waals surface area contributed by atoms with Crippen molar-refractivity contribution in [3.63, 3.8) is 0 Å². The van der Waals surface area contributed by atoms with Gasteiger partial charge in [0, 0.05) is 11.3 Å². The Bertz CT molecular complexity index is 764. The molecule has 0 N–H and O–H groups in total. The van der Waals surface area contributed by atoms with Crippen molar-refractivity contribution < 1.29 is 0 Å². The second-order valence-electron chi connectivity index (χ2n) is 8.25. The van der Waals surface area contributed by atoms with E-state index in [0.717, 1.165) is 32.2 Å². The van der Waals surface area contributed by atoms with E-state index in [-0.39, 0.29) is 0 Å². The number of nitrogens with zero attached hydrogens (tertiary/aromatic N) is 2. The van der Waals surface area contributed by atoms with Crippen LogP contribution in [0, 0.1) is 5.41 Å². The molecule has 0 spiro atoms. The minimum Gasteiger partial charge on any atom is -0.264 e. The lowest BCUT2D eigenvalue weighted by Gasteiger charge is -2.30. The summed E-state index contributed by atoms with van der Waals surface area (Å²) in [4.78, 5) is 0. The molecule has 134 valence electrons. The maximum Gasteiger partial charge on any atom is 0.0912 e. The summed E-state index contributed by atoms with van der Waals surface area (Å²) in [5.74, 6) is 0. The SMILES string of the molecule is C=C(CC)c1nn(Cc2ccccc2CCC)c2c1CC(C)(C)CC2. The van der Waals surface area contributed by atoms with Crippen LogP contribution in [0.3, 0.4) is 0 Å². The van der Waals surface area contributed by atoms with Gasteiger partial charge in [-0.2, -0.15) is 5.10 Å². The Morgan fingerprint density at radius 3 is 2.60 bits per heavy atom. The molecular formula is C23H32N2. The number of hydrogen-bond acceptors (Lipinski definition) is 1. The number of benzene rings is 1. The summed E-state index contributed by atoms with van der Waals surface area (Å²) in [6.07, 6.45) is 6.77. The molecule has 0 aliphatic heterocycles. The van der Waals surface area contributed by atoms with Gasteiger partial charge in [0.2, 0.25) is 0 Å². The van der Waals surface area contributed by atoms with Crippen molar-refractivity contribution in [3.8, 4) is 0 Å². The van der Waals surface area contributed by atoms with Gasteiger partial charge in [-0.15, -0.1) is 0 Å². The molecule has 1 aliphatic carbocycles. The second kappa shape index (κ2) is 7.19. The highest BCUT2D eigenvalue weighted by molar-refractivity contribution is 5.64. The number of aryl methyl sites for hydroxylation is 1. The monoisotopic (exact) mass is 336 g/mol. The smallest absolute Gasteiger partial charge is 0.0912 e. The molecule has 0 bridgehead atoms. The summed E-state index contributed by atoms with van der Waals surface area (Å²) in [6, 6.07) is 8.84. The first kappa shape index (κ1) is 18.0. The van der Waals surface area contributed by atoms with Gasteiger partial charge in [-0.1, -0.05) is 65.0 Å². The zero-order valence-electron chi connectivity index (χ0n) is 16.4. The molecule has 3 rings (SSSR count). The molecule has 1 aromatic heterocycles. The van der Waals surface area contributed by atoms with Crippen LogP contribution in [0.4, 0.5) is 0 Å². The predicted octanol–water partition coefficient (Wildman–Crippen LogP) is 5.82. The van der Waals surface area contributed by atoms with Crippen LogP contribution >= 0.6 is 0 Å². The van der Waals surface area contributed by atoms with Crippen LogP contribution in [0.15, 0.2) is 30.8 Å². The predicted molar refractivity (Wildman–Crippen MR) is 107 cm³/mol. The summed E-state index contributed by atoms with van der Waals surface area (Å²) < 4.78 is 2.27. The highest BCUT2D eigenvalue weighted by atomic mass is 15.3. The Balaban J connectivity index is 2.01. The van der Waals surface area contributed by atoms with Gasteiger partial charge in [0.15, 0.2) is 0 Å². The van der Waals surface area contributed by atoms with E-state index in [1.807, 2.05) is 0 Å². The topological polar surface area (TPSA) is 17.8 Å². The largest absolute Gasteiger partial charge is 0.264 e. The van der Waals surface area contributed by atoms with E-state index in [1.54, 1.807) is 0 Å². The maximum absolute atomic E-state index is 5.04. The molecule has 2 aromatic rings. The van der Waals surface area contributed by atoms with Crippen molar-refractivity contribution in [1.29, 1.82) is 0 Å². The molecule has 0 unspecified atom stereocenters. The molecule has 0 atom stereocenters. The lowest BCUT2D eigenvalue weighted by molar-refractivity contribution is 0.310. The van der Waals surface area contributed by atoms with Crippen LogP contribution in [-0.2, 0) is 25.8 Å².